The molecule has 3 rings (SSSR count). The van der Waals surface area contributed by atoms with E-state index in [4.69, 9.17) is 9.66 Å². The summed E-state index contributed by atoms with van der Waals surface area (Å²) >= 11 is 1.98. The number of nitrogens with zero attached hydrogens (tertiary/aromatic N) is 6. The maximum Gasteiger partial charge on any atom is 0.335 e. The van der Waals surface area contributed by atoms with E-state index < -0.39 is 33.3 Å². The van der Waals surface area contributed by atoms with Crippen molar-refractivity contribution in [1.29, 1.82) is 5.26 Å². The van der Waals surface area contributed by atoms with Crippen molar-refractivity contribution in [3.05, 3.63) is 51.3 Å². The zero-order chi connectivity index (χ0) is 25.0. The highest BCUT2D eigenvalue weighted by Crippen LogP contribution is 2.31. The molecular formula is C18H14N6O7S3. The molecule has 3 aromatic rings. The molecule has 0 aliphatic rings. The summed E-state index contributed by atoms with van der Waals surface area (Å²) in [5, 5.41) is 44.4. The number of azo groups is 1. The van der Waals surface area contributed by atoms with Crippen LogP contribution in [0.1, 0.15) is 21.5 Å². The Morgan fingerprint density at radius 1 is 1.26 bits per heavy atom. The summed E-state index contributed by atoms with van der Waals surface area (Å²) in [5.41, 5.74) is -1.16. The first-order valence-corrected chi connectivity index (χ1v) is 12.5. The van der Waals surface area contributed by atoms with Gasteiger partial charge in [0.05, 0.1) is 17.0 Å². The predicted octanol–water partition coefficient (Wildman–Crippen LogP) is 2.67. The summed E-state index contributed by atoms with van der Waals surface area (Å²) in [6, 6.07) is 6.86. The molecule has 0 spiro atoms. The summed E-state index contributed by atoms with van der Waals surface area (Å²) in [6.45, 7) is 1.41. The molecule has 0 radical (unpaired) electrons. The molecule has 2 aromatic heterocycles. The number of rotatable bonds is 8. The summed E-state index contributed by atoms with van der Waals surface area (Å²) in [4.78, 5) is 24.1. The minimum Gasteiger partial charge on any atom is -0.493 e. The number of hydrogen-bond acceptors (Lipinski definition) is 12. The van der Waals surface area contributed by atoms with E-state index in [1.807, 2.05) is 0 Å². The minimum absolute atomic E-state index is 0.0367. The predicted molar refractivity (Wildman–Crippen MR) is 121 cm³/mol. The molecule has 2 heterocycles. The van der Waals surface area contributed by atoms with Gasteiger partial charge in [0.15, 0.2) is 10.0 Å². The second kappa shape index (κ2) is 10.1. The largest absolute Gasteiger partial charge is 0.493 e. The maximum absolute atomic E-state index is 13.1. The van der Waals surface area contributed by atoms with Crippen LogP contribution in [0, 0.1) is 18.3 Å². The Kier molecular flexibility index (Phi) is 7.41. The Hall–Kier alpha value is -3.65. The lowest BCUT2D eigenvalue weighted by atomic mass is 10.1. The van der Waals surface area contributed by atoms with Crippen molar-refractivity contribution < 1.29 is 28.0 Å². The van der Waals surface area contributed by atoms with Gasteiger partial charge in [-0.3, -0.25) is 9.35 Å². The third kappa shape index (κ3) is 5.63. The molecule has 0 aliphatic heterocycles. The molecule has 0 aliphatic carbocycles. The fraction of sp³-hybridized carbons (Fsp3) is 0.167. The van der Waals surface area contributed by atoms with Gasteiger partial charge in [-0.2, -0.15) is 13.7 Å². The molecule has 0 fully saturated rings. The quantitative estimate of drug-likeness (QED) is 0.222. The third-order valence-electron chi connectivity index (χ3n) is 4.25. The number of thioether (sulfide) groups is 1. The Bertz CT molecular complexity index is 1490. The van der Waals surface area contributed by atoms with Crippen LogP contribution in [0.4, 0.5) is 10.8 Å². The second-order valence-corrected chi connectivity index (χ2v) is 10.3. The van der Waals surface area contributed by atoms with Crippen molar-refractivity contribution in [2.75, 3.05) is 11.5 Å². The summed E-state index contributed by atoms with van der Waals surface area (Å²) in [5.74, 6) is -2.24. The Morgan fingerprint density at radius 2 is 1.94 bits per heavy atom. The molecule has 0 atom stereocenters. The number of carboxylic acids is 1. The monoisotopic (exact) mass is 522 g/mol. The Balaban J connectivity index is 1.97. The van der Waals surface area contributed by atoms with E-state index in [2.05, 4.69) is 20.4 Å². The third-order valence-corrected chi connectivity index (χ3v) is 7.17. The number of carboxylic acid groups (broad SMARTS) is 1. The SMILES string of the molecule is Cc1c(C#N)c(O)n(-c2ccc(C(=O)O)cc2)c(=O)c1N=Nc1nnc(SCCS(=O)(=O)O)s1. The van der Waals surface area contributed by atoms with Gasteiger partial charge < -0.3 is 10.2 Å². The number of aromatic hydroxyl groups is 1. The molecule has 0 saturated carbocycles. The first-order valence-electron chi connectivity index (χ1n) is 9.07. The molecule has 0 saturated heterocycles. The van der Waals surface area contributed by atoms with E-state index in [0.717, 1.165) is 27.7 Å². The number of pyridine rings is 1. The molecule has 34 heavy (non-hydrogen) atoms. The van der Waals surface area contributed by atoms with E-state index in [-0.39, 0.29) is 38.9 Å². The zero-order valence-corrected chi connectivity index (χ0v) is 19.6. The molecule has 13 nitrogen and oxygen atoms in total. The van der Waals surface area contributed by atoms with Crippen molar-refractivity contribution in [2.24, 2.45) is 10.2 Å². The standard InChI is InChI=1S/C18H14N6O7S3/c1-9-12(8-19)14(25)24(11-4-2-10(3-5-11)16(27)28)15(26)13(9)20-21-17-22-23-18(33-17)32-6-7-34(29,30)31/h2-5,25H,6-7H2,1H3,(H,27,28)(H,29,30,31). The van der Waals surface area contributed by atoms with Crippen LogP contribution in [-0.4, -0.2) is 55.4 Å². The number of nitriles is 1. The Morgan fingerprint density at radius 3 is 2.53 bits per heavy atom. The van der Waals surface area contributed by atoms with Gasteiger partial charge in [0, 0.05) is 11.3 Å². The molecule has 0 unspecified atom stereocenters. The van der Waals surface area contributed by atoms with Crippen LogP contribution in [0.5, 0.6) is 5.88 Å². The average Bonchev–Trinajstić information content (AvgIpc) is 3.21. The van der Waals surface area contributed by atoms with Gasteiger partial charge in [0.25, 0.3) is 20.8 Å². The summed E-state index contributed by atoms with van der Waals surface area (Å²) in [6.07, 6.45) is 0. The fourth-order valence-corrected chi connectivity index (χ4v) is 5.19. The van der Waals surface area contributed by atoms with Crippen LogP contribution in [0.2, 0.25) is 0 Å². The normalized spacial score (nSPS) is 11.6. The zero-order valence-electron chi connectivity index (χ0n) is 17.1. The van der Waals surface area contributed by atoms with Crippen molar-refractivity contribution in [2.45, 2.75) is 11.3 Å². The van der Waals surface area contributed by atoms with Gasteiger partial charge in [0.1, 0.15) is 11.6 Å². The molecular weight excluding hydrogens is 508 g/mol. The number of carbonyl (C=O) groups is 1. The number of benzene rings is 1. The lowest BCUT2D eigenvalue weighted by molar-refractivity contribution is 0.0697. The number of aromatic carboxylic acids is 1. The van der Waals surface area contributed by atoms with Crippen molar-refractivity contribution in [1.82, 2.24) is 14.8 Å². The lowest BCUT2D eigenvalue weighted by Gasteiger charge is -2.13. The number of aromatic nitrogens is 3. The van der Waals surface area contributed by atoms with Crippen LogP contribution in [0.3, 0.4) is 0 Å². The molecule has 16 heteroatoms. The molecule has 0 amide bonds. The Labute approximate surface area is 199 Å². The van der Waals surface area contributed by atoms with Gasteiger partial charge >= 0.3 is 5.97 Å². The highest BCUT2D eigenvalue weighted by molar-refractivity contribution is 8.01. The highest BCUT2D eigenvalue weighted by Gasteiger charge is 2.21. The maximum atomic E-state index is 13.1. The van der Waals surface area contributed by atoms with E-state index in [0.29, 0.717) is 4.34 Å². The summed E-state index contributed by atoms with van der Waals surface area (Å²) in [7, 11) is -4.11. The highest BCUT2D eigenvalue weighted by atomic mass is 32.2. The molecule has 1 aromatic carbocycles. The molecule has 0 bridgehead atoms. The first kappa shape index (κ1) is 25.0. The minimum atomic E-state index is -4.11. The van der Waals surface area contributed by atoms with Gasteiger partial charge in [-0.15, -0.1) is 20.4 Å². The molecule has 3 N–H and O–H groups in total. The van der Waals surface area contributed by atoms with E-state index >= 15 is 0 Å². The van der Waals surface area contributed by atoms with Gasteiger partial charge in [0.2, 0.25) is 5.88 Å². The second-order valence-electron chi connectivity index (χ2n) is 6.46. The van der Waals surface area contributed by atoms with Gasteiger partial charge in [-0.05, 0) is 31.2 Å². The first-order chi connectivity index (χ1) is 16.0. The van der Waals surface area contributed by atoms with Crippen LogP contribution < -0.4 is 5.56 Å². The van der Waals surface area contributed by atoms with Crippen LogP contribution >= 0.6 is 23.1 Å². The van der Waals surface area contributed by atoms with Crippen LogP contribution in [0.15, 0.2) is 43.6 Å². The van der Waals surface area contributed by atoms with Crippen molar-refractivity contribution in [3.63, 3.8) is 0 Å². The lowest BCUT2D eigenvalue weighted by Crippen LogP contribution is -2.20. The van der Waals surface area contributed by atoms with Crippen molar-refractivity contribution >= 4 is 50.0 Å². The van der Waals surface area contributed by atoms with Crippen molar-refractivity contribution in [3.8, 4) is 17.6 Å². The van der Waals surface area contributed by atoms with E-state index in [1.165, 1.54) is 31.2 Å². The topological polar surface area (TPSA) is 208 Å². The smallest absolute Gasteiger partial charge is 0.335 e. The van der Waals surface area contributed by atoms with Crippen LogP contribution in [-0.2, 0) is 10.1 Å². The van der Waals surface area contributed by atoms with E-state index in [1.54, 1.807) is 6.07 Å². The average molecular weight is 523 g/mol. The van der Waals surface area contributed by atoms with Gasteiger partial charge in [-0.1, -0.05) is 23.1 Å². The van der Waals surface area contributed by atoms with Crippen LogP contribution in [0.25, 0.3) is 5.69 Å². The number of hydrogen-bond donors (Lipinski definition) is 3. The van der Waals surface area contributed by atoms with Gasteiger partial charge in [-0.25, -0.2) is 9.36 Å². The molecule has 176 valence electrons. The summed E-state index contributed by atoms with van der Waals surface area (Å²) < 4.78 is 31.5. The fourth-order valence-electron chi connectivity index (χ4n) is 2.63. The van der Waals surface area contributed by atoms with E-state index in [9.17, 15) is 28.4 Å².